The number of hydrogen-bond donors (Lipinski definition) is 0. The molecule has 0 N–H and O–H groups in total. The van der Waals surface area contributed by atoms with Crippen LogP contribution in [0.1, 0.15) is 24.0 Å². The molecule has 0 unspecified atom stereocenters. The fraction of sp³-hybridized carbons (Fsp3) is 0.409. The lowest BCUT2D eigenvalue weighted by Crippen LogP contribution is -2.50. The normalized spacial score (nSPS) is 17.2. The van der Waals surface area contributed by atoms with Gasteiger partial charge in [0, 0.05) is 32.6 Å². The van der Waals surface area contributed by atoms with Crippen LogP contribution in [-0.2, 0) is 37.5 Å². The number of aryl methyl sites for hydroxylation is 2. The van der Waals surface area contributed by atoms with Gasteiger partial charge in [-0.1, -0.05) is 6.07 Å². The van der Waals surface area contributed by atoms with Crippen LogP contribution in [0.25, 0.3) is 0 Å². The summed E-state index contributed by atoms with van der Waals surface area (Å²) in [7, 11) is -7.65. The van der Waals surface area contributed by atoms with Gasteiger partial charge in [-0.3, -0.25) is 4.79 Å². The molecule has 0 radical (unpaired) electrons. The average Bonchev–Trinajstić information content (AvgIpc) is 3.27. The summed E-state index contributed by atoms with van der Waals surface area (Å²) >= 11 is 0. The third-order valence-corrected chi connectivity index (χ3v) is 9.74. The maximum Gasteiger partial charge on any atom is 0.243 e. The van der Waals surface area contributed by atoms with Crippen LogP contribution in [0.2, 0.25) is 0 Å². The number of sulfonamides is 1. The van der Waals surface area contributed by atoms with Crippen molar-refractivity contribution in [1.29, 1.82) is 0 Å². The highest BCUT2D eigenvalue weighted by atomic mass is 32.2. The maximum atomic E-state index is 13.5. The number of fused-ring (bicyclic) bond motifs is 1. The number of sulfone groups is 1. The van der Waals surface area contributed by atoms with Crippen LogP contribution in [0.4, 0.5) is 8.78 Å². The number of amides is 1. The van der Waals surface area contributed by atoms with Gasteiger partial charge in [0.1, 0.15) is 0 Å². The molecule has 1 aliphatic heterocycles. The zero-order chi connectivity index (χ0) is 23.8. The lowest BCUT2D eigenvalue weighted by Gasteiger charge is -2.34. The van der Waals surface area contributed by atoms with Crippen LogP contribution in [0, 0.1) is 11.6 Å². The van der Waals surface area contributed by atoms with Crippen molar-refractivity contribution >= 4 is 25.8 Å². The van der Waals surface area contributed by atoms with Gasteiger partial charge in [0.15, 0.2) is 21.5 Å². The third kappa shape index (κ3) is 4.95. The van der Waals surface area contributed by atoms with Gasteiger partial charge < -0.3 is 4.90 Å². The van der Waals surface area contributed by atoms with Gasteiger partial charge in [0.2, 0.25) is 15.9 Å². The Hall–Kier alpha value is -2.37. The predicted octanol–water partition coefficient (Wildman–Crippen LogP) is 2.15. The predicted molar refractivity (Wildman–Crippen MR) is 117 cm³/mol. The summed E-state index contributed by atoms with van der Waals surface area (Å²) in [6.45, 7) is 0.122. The van der Waals surface area contributed by atoms with Gasteiger partial charge in [-0.15, -0.1) is 0 Å². The number of carbonyl (C=O) groups excluding carboxylic acids is 1. The lowest BCUT2D eigenvalue weighted by molar-refractivity contribution is -0.131. The molecule has 2 aliphatic rings. The summed E-state index contributed by atoms with van der Waals surface area (Å²) in [4.78, 5) is 13.9. The molecule has 0 bridgehead atoms. The minimum atomic E-state index is -4.03. The molecule has 178 valence electrons. The first-order valence-corrected chi connectivity index (χ1v) is 13.7. The van der Waals surface area contributed by atoms with E-state index in [0.29, 0.717) is 6.07 Å². The van der Waals surface area contributed by atoms with Crippen molar-refractivity contribution in [2.24, 2.45) is 0 Å². The van der Waals surface area contributed by atoms with Gasteiger partial charge in [-0.05, 0) is 60.7 Å². The smallest absolute Gasteiger partial charge is 0.243 e. The van der Waals surface area contributed by atoms with Crippen LogP contribution >= 0.6 is 0 Å². The maximum absolute atomic E-state index is 13.5. The molecule has 4 rings (SSSR count). The molecule has 0 saturated carbocycles. The molecule has 1 fully saturated rings. The van der Waals surface area contributed by atoms with E-state index in [1.54, 1.807) is 12.1 Å². The van der Waals surface area contributed by atoms with Crippen molar-refractivity contribution in [1.82, 2.24) is 9.21 Å². The number of hydrogen-bond acceptors (Lipinski definition) is 5. The van der Waals surface area contributed by atoms with E-state index in [0.717, 1.165) is 41.3 Å². The van der Waals surface area contributed by atoms with Crippen LogP contribution in [0.3, 0.4) is 0 Å². The van der Waals surface area contributed by atoms with Gasteiger partial charge in [-0.2, -0.15) is 4.31 Å². The van der Waals surface area contributed by atoms with Gasteiger partial charge >= 0.3 is 0 Å². The molecule has 2 aromatic rings. The largest absolute Gasteiger partial charge is 0.340 e. The summed E-state index contributed by atoms with van der Waals surface area (Å²) in [6.07, 6.45) is 2.62. The fourth-order valence-electron chi connectivity index (χ4n) is 4.20. The first-order valence-electron chi connectivity index (χ1n) is 10.7. The van der Waals surface area contributed by atoms with E-state index in [9.17, 15) is 30.4 Å². The summed E-state index contributed by atoms with van der Waals surface area (Å²) < 4.78 is 78.4. The van der Waals surface area contributed by atoms with E-state index in [1.165, 1.54) is 10.5 Å². The zero-order valence-corrected chi connectivity index (χ0v) is 19.5. The Morgan fingerprint density at radius 2 is 1.48 bits per heavy atom. The quantitative estimate of drug-likeness (QED) is 0.609. The molecule has 11 heteroatoms. The minimum Gasteiger partial charge on any atom is -0.340 e. The first-order chi connectivity index (χ1) is 15.6. The monoisotopic (exact) mass is 498 g/mol. The van der Waals surface area contributed by atoms with E-state index in [-0.39, 0.29) is 54.1 Å². The summed E-state index contributed by atoms with van der Waals surface area (Å²) in [5.41, 5.74) is 2.21. The number of rotatable bonds is 6. The Morgan fingerprint density at radius 1 is 0.818 bits per heavy atom. The highest BCUT2D eigenvalue weighted by Crippen LogP contribution is 2.26. The van der Waals surface area contributed by atoms with Crippen molar-refractivity contribution in [3.05, 3.63) is 59.2 Å². The molecule has 1 aliphatic carbocycles. The number of piperazine rings is 1. The fourth-order valence-corrected chi connectivity index (χ4v) is 6.91. The van der Waals surface area contributed by atoms with E-state index >= 15 is 0 Å². The Balaban J connectivity index is 1.34. The minimum absolute atomic E-state index is 0.0232. The molecular weight excluding hydrogens is 474 g/mol. The number of benzene rings is 2. The molecule has 1 saturated heterocycles. The number of nitrogens with zero attached hydrogens (tertiary/aromatic N) is 2. The van der Waals surface area contributed by atoms with Crippen molar-refractivity contribution in [2.75, 3.05) is 31.9 Å². The zero-order valence-electron chi connectivity index (χ0n) is 17.8. The van der Waals surface area contributed by atoms with Crippen LogP contribution in [0.15, 0.2) is 46.2 Å². The van der Waals surface area contributed by atoms with Crippen molar-refractivity contribution in [3.8, 4) is 0 Å². The Morgan fingerprint density at radius 3 is 2.18 bits per heavy atom. The van der Waals surface area contributed by atoms with Gasteiger partial charge in [0.05, 0.1) is 15.5 Å². The highest BCUT2D eigenvalue weighted by Gasteiger charge is 2.31. The molecule has 1 heterocycles. The van der Waals surface area contributed by atoms with Crippen LogP contribution in [-0.4, -0.2) is 63.9 Å². The summed E-state index contributed by atoms with van der Waals surface area (Å²) in [6, 6.07) is 7.50. The van der Waals surface area contributed by atoms with E-state index in [4.69, 9.17) is 0 Å². The molecule has 7 nitrogen and oxygen atoms in total. The van der Waals surface area contributed by atoms with Crippen molar-refractivity contribution < 1.29 is 30.4 Å². The Kier molecular flexibility index (Phi) is 6.56. The molecule has 1 amide bonds. The second-order valence-electron chi connectivity index (χ2n) is 8.21. The topological polar surface area (TPSA) is 91.8 Å². The Bertz CT molecular complexity index is 1290. The second-order valence-corrected chi connectivity index (χ2v) is 12.3. The number of carbonyl (C=O) groups is 1. The van der Waals surface area contributed by atoms with Crippen LogP contribution < -0.4 is 0 Å². The average molecular weight is 499 g/mol. The van der Waals surface area contributed by atoms with Crippen LogP contribution in [0.5, 0.6) is 0 Å². The second kappa shape index (κ2) is 9.11. The van der Waals surface area contributed by atoms with E-state index in [1.807, 2.05) is 6.07 Å². The summed E-state index contributed by atoms with van der Waals surface area (Å²) in [5.74, 6) is -3.09. The molecular formula is C22H24F2N2O5S2. The molecule has 0 spiro atoms. The highest BCUT2D eigenvalue weighted by molar-refractivity contribution is 7.91. The molecule has 0 aromatic heterocycles. The van der Waals surface area contributed by atoms with E-state index < -0.39 is 31.5 Å². The third-order valence-electron chi connectivity index (χ3n) is 6.13. The van der Waals surface area contributed by atoms with Crippen molar-refractivity contribution in [3.63, 3.8) is 0 Å². The molecule has 0 atom stereocenters. The standard InChI is InChI=1S/C22H24F2N2O5S2/c23-20-7-6-19(15-21(20)24)33(30,31)26-11-9-25(10-12-26)22(27)8-13-32(28,29)18-5-4-16-2-1-3-17(16)14-18/h4-7,14-15H,1-3,8-13H2. The molecule has 2 aromatic carbocycles. The Labute approximate surface area is 192 Å². The molecule has 33 heavy (non-hydrogen) atoms. The summed E-state index contributed by atoms with van der Waals surface area (Å²) in [5, 5.41) is 0. The lowest BCUT2D eigenvalue weighted by atomic mass is 10.1. The van der Waals surface area contributed by atoms with Gasteiger partial charge in [-0.25, -0.2) is 25.6 Å². The first kappa shape index (κ1) is 23.8. The van der Waals surface area contributed by atoms with E-state index in [2.05, 4.69) is 0 Å². The van der Waals surface area contributed by atoms with Crippen molar-refractivity contribution in [2.45, 2.75) is 35.5 Å². The SMILES string of the molecule is O=C(CCS(=O)(=O)c1ccc2c(c1)CCC2)N1CCN(S(=O)(=O)c2ccc(F)c(F)c2)CC1. The van der Waals surface area contributed by atoms with Gasteiger partial charge in [0.25, 0.3) is 0 Å². The number of halogens is 2.